The number of benzene rings is 1. The van der Waals surface area contributed by atoms with E-state index in [4.69, 9.17) is 9.47 Å². The van der Waals surface area contributed by atoms with Gasteiger partial charge in [-0.15, -0.1) is 0 Å². The molecule has 2 aromatic rings. The maximum Gasteiger partial charge on any atom is 0.387 e. The summed E-state index contributed by atoms with van der Waals surface area (Å²) in [6.07, 6.45) is 1.30. The molecule has 8 nitrogen and oxygen atoms in total. The van der Waals surface area contributed by atoms with Crippen molar-refractivity contribution in [1.82, 2.24) is 20.1 Å². The number of para-hydroxylation sites is 1. The molecule has 10 heteroatoms. The van der Waals surface area contributed by atoms with Gasteiger partial charge in [-0.3, -0.25) is 4.79 Å². The topological polar surface area (TPSA) is 87.5 Å². The van der Waals surface area contributed by atoms with Crippen LogP contribution in [0, 0.1) is 0 Å². The first-order valence-electron chi connectivity index (χ1n) is 8.36. The number of hydrogen-bond acceptors (Lipinski definition) is 6. The molecule has 2 heterocycles. The maximum atomic E-state index is 12.7. The second-order valence-electron chi connectivity index (χ2n) is 5.98. The molecule has 0 aliphatic carbocycles. The summed E-state index contributed by atoms with van der Waals surface area (Å²) in [4.78, 5) is 17.0. The smallest absolute Gasteiger partial charge is 0.387 e. The summed E-state index contributed by atoms with van der Waals surface area (Å²) in [5, 5.41) is 7.18. The van der Waals surface area contributed by atoms with Crippen molar-refractivity contribution in [3.8, 4) is 11.5 Å². The summed E-state index contributed by atoms with van der Waals surface area (Å²) in [5.74, 6) is 0.673. The van der Waals surface area contributed by atoms with E-state index >= 15 is 0 Å². The number of nitrogens with one attached hydrogen (secondary N) is 1. The summed E-state index contributed by atoms with van der Waals surface area (Å²) < 4.78 is 41.7. The number of aryl methyl sites for hydroxylation is 1. The Balaban J connectivity index is 1.74. The predicted molar refractivity (Wildman–Crippen MR) is 89.9 cm³/mol. The monoisotopic (exact) mass is 382 g/mol. The SMILES string of the molecule is COCc1nc2n(n1)CC(NC(=O)c1cccc(OC)c1OC(F)F)CC2. The molecule has 27 heavy (non-hydrogen) atoms. The number of rotatable bonds is 7. The van der Waals surface area contributed by atoms with Gasteiger partial charge in [-0.25, -0.2) is 9.67 Å². The zero-order chi connectivity index (χ0) is 19.4. The Bertz CT molecular complexity index is 812. The number of ether oxygens (including phenoxy) is 3. The number of hydrogen-bond donors (Lipinski definition) is 1. The van der Waals surface area contributed by atoms with Crippen LogP contribution in [0.25, 0.3) is 0 Å². The molecule has 1 amide bonds. The van der Waals surface area contributed by atoms with Crippen LogP contribution >= 0.6 is 0 Å². The van der Waals surface area contributed by atoms with Crippen LogP contribution in [0.15, 0.2) is 18.2 Å². The minimum absolute atomic E-state index is 0.0147. The largest absolute Gasteiger partial charge is 0.493 e. The van der Waals surface area contributed by atoms with E-state index < -0.39 is 12.5 Å². The first-order valence-corrected chi connectivity index (χ1v) is 8.36. The van der Waals surface area contributed by atoms with Crippen molar-refractivity contribution in [2.75, 3.05) is 14.2 Å². The number of carbonyl (C=O) groups is 1. The van der Waals surface area contributed by atoms with Gasteiger partial charge in [0.05, 0.1) is 19.2 Å². The molecule has 0 radical (unpaired) electrons. The molecule has 1 aromatic carbocycles. The van der Waals surface area contributed by atoms with E-state index in [9.17, 15) is 13.6 Å². The number of aromatic nitrogens is 3. The van der Waals surface area contributed by atoms with E-state index in [1.54, 1.807) is 17.9 Å². The molecule has 1 unspecified atom stereocenters. The Kier molecular flexibility index (Phi) is 5.84. The lowest BCUT2D eigenvalue weighted by Gasteiger charge is -2.24. The minimum Gasteiger partial charge on any atom is -0.493 e. The Hall–Kier alpha value is -2.75. The average molecular weight is 382 g/mol. The van der Waals surface area contributed by atoms with Gasteiger partial charge in [0, 0.05) is 19.6 Å². The number of carbonyl (C=O) groups excluding carboxylic acids is 1. The van der Waals surface area contributed by atoms with Crippen molar-refractivity contribution in [1.29, 1.82) is 0 Å². The summed E-state index contributed by atoms with van der Waals surface area (Å²) in [7, 11) is 2.89. The van der Waals surface area contributed by atoms with Crippen molar-refractivity contribution < 1.29 is 27.8 Å². The standard InChI is InChI=1S/C17H20F2N4O4/c1-25-9-13-21-14-7-6-10(8-23(14)22-13)20-16(24)11-4-3-5-12(26-2)15(11)27-17(18)19/h3-5,10,17H,6-9H2,1-2H3,(H,20,24). The number of amides is 1. The van der Waals surface area contributed by atoms with Crippen LogP contribution in [0.5, 0.6) is 11.5 Å². The maximum absolute atomic E-state index is 12.7. The molecule has 0 bridgehead atoms. The molecule has 1 aliphatic rings. The Morgan fingerprint density at radius 3 is 2.93 bits per heavy atom. The molecular weight excluding hydrogens is 362 g/mol. The van der Waals surface area contributed by atoms with E-state index in [1.165, 1.54) is 19.2 Å². The molecular formula is C17H20F2N4O4. The third-order valence-electron chi connectivity index (χ3n) is 4.16. The summed E-state index contributed by atoms with van der Waals surface area (Å²) in [6.45, 7) is -2.32. The number of halogens is 2. The van der Waals surface area contributed by atoms with Gasteiger partial charge in [0.2, 0.25) is 0 Å². The van der Waals surface area contributed by atoms with Gasteiger partial charge in [0.15, 0.2) is 17.3 Å². The van der Waals surface area contributed by atoms with Gasteiger partial charge in [-0.1, -0.05) is 6.07 Å². The first kappa shape index (κ1) is 19.0. The highest BCUT2D eigenvalue weighted by Crippen LogP contribution is 2.32. The number of methoxy groups -OCH3 is 2. The van der Waals surface area contributed by atoms with Gasteiger partial charge >= 0.3 is 6.61 Å². The Morgan fingerprint density at radius 2 is 2.22 bits per heavy atom. The summed E-state index contributed by atoms with van der Waals surface area (Å²) in [6, 6.07) is 4.19. The van der Waals surface area contributed by atoms with Gasteiger partial charge < -0.3 is 19.5 Å². The highest BCUT2D eigenvalue weighted by Gasteiger charge is 2.26. The lowest BCUT2D eigenvalue weighted by Crippen LogP contribution is -2.41. The van der Waals surface area contributed by atoms with Crippen molar-refractivity contribution in [3.05, 3.63) is 35.4 Å². The molecule has 0 fully saturated rings. The van der Waals surface area contributed by atoms with Crippen LogP contribution < -0.4 is 14.8 Å². The molecule has 3 rings (SSSR count). The molecule has 146 valence electrons. The fraction of sp³-hybridized carbons (Fsp3) is 0.471. The van der Waals surface area contributed by atoms with Crippen LogP contribution in [0.4, 0.5) is 8.78 Å². The second kappa shape index (κ2) is 8.30. The Morgan fingerprint density at radius 1 is 1.41 bits per heavy atom. The van der Waals surface area contributed by atoms with Gasteiger partial charge in [0.1, 0.15) is 12.4 Å². The van der Waals surface area contributed by atoms with Crippen LogP contribution in [0.1, 0.15) is 28.4 Å². The van der Waals surface area contributed by atoms with Crippen LogP contribution in [-0.2, 0) is 24.3 Å². The molecule has 1 atom stereocenters. The highest BCUT2D eigenvalue weighted by atomic mass is 19.3. The van der Waals surface area contributed by atoms with Crippen molar-refractivity contribution in [2.45, 2.75) is 38.6 Å². The molecule has 0 spiro atoms. The molecule has 1 aliphatic heterocycles. The quantitative estimate of drug-likeness (QED) is 0.786. The van der Waals surface area contributed by atoms with Crippen LogP contribution in [0.2, 0.25) is 0 Å². The normalized spacial score (nSPS) is 16.1. The third-order valence-corrected chi connectivity index (χ3v) is 4.16. The van der Waals surface area contributed by atoms with E-state index in [2.05, 4.69) is 20.1 Å². The van der Waals surface area contributed by atoms with E-state index in [0.717, 1.165) is 5.82 Å². The summed E-state index contributed by atoms with van der Waals surface area (Å²) in [5.41, 5.74) is -0.0147. The Labute approximate surface area is 154 Å². The van der Waals surface area contributed by atoms with Crippen molar-refractivity contribution in [2.24, 2.45) is 0 Å². The van der Waals surface area contributed by atoms with Crippen molar-refractivity contribution >= 4 is 5.91 Å². The van der Waals surface area contributed by atoms with Gasteiger partial charge in [0.25, 0.3) is 5.91 Å². The second-order valence-corrected chi connectivity index (χ2v) is 5.98. The molecule has 1 aromatic heterocycles. The molecule has 0 saturated carbocycles. The fourth-order valence-electron chi connectivity index (χ4n) is 3.00. The lowest BCUT2D eigenvalue weighted by molar-refractivity contribution is -0.0515. The fourth-order valence-corrected chi connectivity index (χ4v) is 3.00. The lowest BCUT2D eigenvalue weighted by atomic mass is 10.1. The molecule has 0 saturated heterocycles. The first-order chi connectivity index (χ1) is 13.0. The van der Waals surface area contributed by atoms with Gasteiger partial charge in [-0.05, 0) is 18.6 Å². The predicted octanol–water partition coefficient (Wildman–Crippen LogP) is 1.78. The number of alkyl halides is 2. The van der Waals surface area contributed by atoms with E-state index in [0.29, 0.717) is 31.8 Å². The molecule has 1 N–H and O–H groups in total. The van der Waals surface area contributed by atoms with E-state index in [1.807, 2.05) is 0 Å². The average Bonchev–Trinajstić information content (AvgIpc) is 3.03. The van der Waals surface area contributed by atoms with Crippen LogP contribution in [-0.4, -0.2) is 47.5 Å². The third kappa shape index (κ3) is 4.33. The summed E-state index contributed by atoms with van der Waals surface area (Å²) >= 11 is 0. The zero-order valence-electron chi connectivity index (χ0n) is 14.9. The van der Waals surface area contributed by atoms with Gasteiger partial charge in [-0.2, -0.15) is 13.9 Å². The van der Waals surface area contributed by atoms with Crippen LogP contribution in [0.3, 0.4) is 0 Å². The minimum atomic E-state index is -3.07. The van der Waals surface area contributed by atoms with E-state index in [-0.39, 0.29) is 23.1 Å². The number of nitrogens with zero attached hydrogens (tertiary/aromatic N) is 3. The van der Waals surface area contributed by atoms with Crippen molar-refractivity contribution in [3.63, 3.8) is 0 Å². The number of fused-ring (bicyclic) bond motifs is 1. The highest BCUT2D eigenvalue weighted by molar-refractivity contribution is 5.98. The zero-order valence-corrected chi connectivity index (χ0v) is 14.9.